The maximum Gasteiger partial charge on any atom is 0.339 e. The molecule has 0 radical (unpaired) electrons. The van der Waals surface area contributed by atoms with Gasteiger partial charge in [-0.2, -0.15) is 20.5 Å². The minimum Gasteiger partial charge on any atom is -0.507 e. The van der Waals surface area contributed by atoms with Gasteiger partial charge in [-0.25, -0.2) is 4.79 Å². The van der Waals surface area contributed by atoms with E-state index in [1.807, 2.05) is 0 Å². The first-order valence-electron chi connectivity index (χ1n) is 14.0. The zero-order valence-corrected chi connectivity index (χ0v) is 26.7. The molecule has 0 aliphatic heterocycles. The molecule has 15 heteroatoms. The van der Waals surface area contributed by atoms with Gasteiger partial charge in [0.05, 0.1) is 10.0 Å². The van der Waals surface area contributed by atoms with Crippen molar-refractivity contribution in [2.75, 3.05) is 10.6 Å². The number of halogens is 2. The molecule has 2 unspecified atom stereocenters. The third-order valence-electron chi connectivity index (χ3n) is 6.59. The van der Waals surface area contributed by atoms with Crippen molar-refractivity contribution in [3.05, 3.63) is 101 Å². The summed E-state index contributed by atoms with van der Waals surface area (Å²) in [6.45, 7) is 2.37. The van der Waals surface area contributed by atoms with E-state index in [0.717, 1.165) is 19.1 Å². The van der Waals surface area contributed by atoms with E-state index in [2.05, 4.69) is 31.1 Å². The number of ketones is 2. The van der Waals surface area contributed by atoms with Gasteiger partial charge in [-0.05, 0) is 79.6 Å². The van der Waals surface area contributed by atoms with Crippen molar-refractivity contribution in [1.82, 2.24) is 0 Å². The molecule has 4 aromatic carbocycles. The van der Waals surface area contributed by atoms with Crippen molar-refractivity contribution >= 4 is 75.3 Å². The smallest absolute Gasteiger partial charge is 0.339 e. The summed E-state index contributed by atoms with van der Waals surface area (Å²) < 4.78 is 0. The van der Waals surface area contributed by atoms with Crippen molar-refractivity contribution in [2.24, 2.45) is 20.5 Å². The molecule has 2 amide bonds. The lowest BCUT2D eigenvalue weighted by Crippen LogP contribution is -2.31. The summed E-state index contributed by atoms with van der Waals surface area (Å²) in [5.41, 5.74) is 1.71. The Hall–Kier alpha value is -5.79. The highest BCUT2D eigenvalue weighted by Gasteiger charge is 2.25. The quantitative estimate of drug-likeness (QED) is 0.0673. The van der Waals surface area contributed by atoms with Crippen LogP contribution < -0.4 is 10.6 Å². The minimum atomic E-state index is -1.57. The number of amides is 2. The predicted octanol–water partition coefficient (Wildman–Crippen LogP) is 7.42. The normalized spacial score (nSPS) is 12.4. The molecule has 0 spiro atoms. The number of carbonyl (C=O) groups excluding carboxylic acids is 4. The number of carboxylic acids is 1. The Kier molecular flexibility index (Phi) is 11.4. The van der Waals surface area contributed by atoms with Gasteiger partial charge in [-0.3, -0.25) is 19.2 Å². The first-order chi connectivity index (χ1) is 22.8. The number of benzene rings is 4. The van der Waals surface area contributed by atoms with E-state index in [0.29, 0.717) is 16.8 Å². The van der Waals surface area contributed by atoms with Crippen molar-refractivity contribution in [2.45, 2.75) is 25.9 Å². The number of Topliss-reactive ketones (excluding diaryl/α,β-unsaturated/α-hetero) is 2. The van der Waals surface area contributed by atoms with E-state index < -0.39 is 52.7 Å². The van der Waals surface area contributed by atoms with Crippen LogP contribution in [0.1, 0.15) is 24.2 Å². The summed E-state index contributed by atoms with van der Waals surface area (Å²) in [7, 11) is 0. The van der Waals surface area contributed by atoms with Crippen LogP contribution in [-0.2, 0) is 19.2 Å². The van der Waals surface area contributed by atoms with Gasteiger partial charge < -0.3 is 20.8 Å². The molecule has 4 aromatic rings. The number of nitrogens with one attached hydrogen (secondary N) is 2. The Bertz CT molecular complexity index is 1970. The van der Waals surface area contributed by atoms with Crippen LogP contribution in [0, 0.1) is 0 Å². The number of rotatable bonds is 12. The number of hydrogen-bond acceptors (Lipinski definition) is 10. The third-order valence-corrected chi connectivity index (χ3v) is 7.20. The molecule has 2 atom stereocenters. The van der Waals surface area contributed by atoms with E-state index in [4.69, 9.17) is 23.2 Å². The molecule has 0 aliphatic rings. The van der Waals surface area contributed by atoms with Crippen LogP contribution in [0.5, 0.6) is 5.75 Å². The van der Waals surface area contributed by atoms with Crippen molar-refractivity contribution in [3.8, 4) is 16.9 Å². The van der Waals surface area contributed by atoms with Gasteiger partial charge in [-0.15, -0.1) is 0 Å². The fourth-order valence-corrected chi connectivity index (χ4v) is 4.58. The van der Waals surface area contributed by atoms with Crippen LogP contribution in [0.3, 0.4) is 0 Å². The number of anilines is 2. The summed E-state index contributed by atoms with van der Waals surface area (Å²) in [4.78, 5) is 60.9. The van der Waals surface area contributed by atoms with Crippen molar-refractivity contribution < 1.29 is 34.2 Å². The lowest BCUT2D eigenvalue weighted by atomic mass is 10.0. The monoisotopic (exact) mass is 688 g/mol. The van der Waals surface area contributed by atoms with Crippen LogP contribution in [-0.4, -0.2) is 51.6 Å². The molecule has 0 saturated heterocycles. The Balaban J connectivity index is 1.47. The van der Waals surface area contributed by atoms with E-state index in [1.54, 1.807) is 60.7 Å². The molecular formula is C33H26Cl2N6O7. The van der Waals surface area contributed by atoms with Crippen LogP contribution in [0.25, 0.3) is 11.1 Å². The number of aromatic carboxylic acids is 1. The molecule has 13 nitrogen and oxygen atoms in total. The van der Waals surface area contributed by atoms with Gasteiger partial charge in [-0.1, -0.05) is 53.5 Å². The van der Waals surface area contributed by atoms with Gasteiger partial charge in [0, 0.05) is 11.4 Å². The van der Waals surface area contributed by atoms with E-state index in [1.165, 1.54) is 19.1 Å². The molecule has 48 heavy (non-hydrogen) atoms. The third kappa shape index (κ3) is 8.93. The predicted molar refractivity (Wildman–Crippen MR) is 179 cm³/mol. The van der Waals surface area contributed by atoms with Crippen molar-refractivity contribution in [1.29, 1.82) is 0 Å². The van der Waals surface area contributed by atoms with Crippen LogP contribution in [0.15, 0.2) is 105 Å². The fourth-order valence-electron chi connectivity index (χ4n) is 4.14. The summed E-state index contributed by atoms with van der Waals surface area (Å²) in [6, 6.07) is 18.6. The number of nitrogens with zero attached hydrogens (tertiary/aromatic N) is 4. The van der Waals surface area contributed by atoms with E-state index in [9.17, 15) is 34.2 Å². The summed E-state index contributed by atoms with van der Waals surface area (Å²) in [5, 5.41) is 40.0. The van der Waals surface area contributed by atoms with Gasteiger partial charge in [0.2, 0.25) is 12.1 Å². The van der Waals surface area contributed by atoms with Gasteiger partial charge in [0.15, 0.2) is 11.6 Å². The number of para-hydroxylation sites is 1. The largest absolute Gasteiger partial charge is 0.507 e. The number of azo groups is 2. The second-order valence-corrected chi connectivity index (χ2v) is 11.0. The molecule has 0 fully saturated rings. The number of hydrogen-bond donors (Lipinski definition) is 4. The van der Waals surface area contributed by atoms with Gasteiger partial charge in [0.25, 0.3) is 11.8 Å². The van der Waals surface area contributed by atoms with E-state index >= 15 is 0 Å². The molecule has 0 aliphatic carbocycles. The van der Waals surface area contributed by atoms with Crippen LogP contribution in [0.4, 0.5) is 22.7 Å². The highest BCUT2D eigenvalue weighted by molar-refractivity contribution is 6.34. The zero-order chi connectivity index (χ0) is 35.0. The lowest BCUT2D eigenvalue weighted by molar-refractivity contribution is -0.127. The lowest BCUT2D eigenvalue weighted by Gasteiger charge is -2.11. The molecule has 4 rings (SSSR count). The Labute approximate surface area is 283 Å². The molecule has 4 N–H and O–H groups in total. The average Bonchev–Trinajstić information content (AvgIpc) is 3.03. The maximum absolute atomic E-state index is 12.8. The summed E-state index contributed by atoms with van der Waals surface area (Å²) in [5.74, 6) is -4.56. The molecular weight excluding hydrogens is 663 g/mol. The number of phenols is 1. The SMILES string of the molecule is CC(=O)C(N=Nc1ccc(-c2ccc(N=NC(C(C)=O)C(=O)Nc3ccc(O)c(C(=O)O)c3)c(Cl)c2)cc1Cl)C(=O)Nc1ccccc1. The van der Waals surface area contributed by atoms with Crippen molar-refractivity contribution in [3.63, 3.8) is 0 Å². The van der Waals surface area contributed by atoms with E-state index in [-0.39, 0.29) is 27.1 Å². The number of carboxylic acid groups (broad SMARTS) is 1. The summed E-state index contributed by atoms with van der Waals surface area (Å²) in [6.07, 6.45) is 0. The highest BCUT2D eigenvalue weighted by Crippen LogP contribution is 2.35. The zero-order valence-electron chi connectivity index (χ0n) is 25.2. The average molecular weight is 690 g/mol. The molecule has 0 aromatic heterocycles. The van der Waals surface area contributed by atoms with Crippen LogP contribution in [0.2, 0.25) is 10.0 Å². The molecule has 244 valence electrons. The Morgan fingerprint density at radius 1 is 0.646 bits per heavy atom. The Morgan fingerprint density at radius 2 is 1.12 bits per heavy atom. The molecule has 0 heterocycles. The first-order valence-corrected chi connectivity index (χ1v) is 14.7. The highest BCUT2D eigenvalue weighted by atomic mass is 35.5. The van der Waals surface area contributed by atoms with Gasteiger partial charge in [0.1, 0.15) is 22.7 Å². The second-order valence-electron chi connectivity index (χ2n) is 10.2. The van der Waals surface area contributed by atoms with Gasteiger partial charge >= 0.3 is 5.97 Å². The molecule has 0 saturated carbocycles. The van der Waals surface area contributed by atoms with Crippen LogP contribution >= 0.6 is 23.2 Å². The second kappa shape index (κ2) is 15.7. The Morgan fingerprint density at radius 3 is 1.56 bits per heavy atom. The minimum absolute atomic E-state index is 0.0254. The standard InChI is InChI=1S/C33H26Cl2N6O7/c1-17(42)29(31(45)36-21-6-4-3-5-7-21)40-38-26-11-8-19(14-24(26)34)20-9-12-27(25(35)15-20)39-41-30(18(2)43)32(46)37-22-10-13-28(44)23(16-22)33(47)48/h3-16,29-30,44H,1-2H3,(H,36,45)(H,37,46)(H,47,48). The topological polar surface area (TPSA) is 199 Å². The number of aromatic hydroxyl groups is 1. The molecule has 0 bridgehead atoms. The first kappa shape index (κ1) is 35.1. The maximum atomic E-state index is 12.8. The number of carbonyl (C=O) groups is 5. The fraction of sp³-hybridized carbons (Fsp3) is 0.121. The summed E-state index contributed by atoms with van der Waals surface area (Å²) >= 11 is 12.9.